The van der Waals surface area contributed by atoms with Crippen molar-refractivity contribution < 1.29 is 4.79 Å². The number of unbranched alkanes of at least 4 members (excludes halogenated alkanes) is 1. The summed E-state index contributed by atoms with van der Waals surface area (Å²) in [5.41, 5.74) is 9.88. The molecule has 4 N–H and O–H groups in total. The maximum absolute atomic E-state index is 11.5. The molecule has 2 rings (SSSR count). The SMILES string of the molecule is CCCCC(CC)CNc1cc2c(cc1N)CCC(=O)N2. The largest absolute Gasteiger partial charge is 0.397 e. The average Bonchev–Trinajstić information content (AvgIpc) is 2.48. The van der Waals surface area contributed by atoms with Gasteiger partial charge in [0.05, 0.1) is 11.4 Å². The van der Waals surface area contributed by atoms with Gasteiger partial charge >= 0.3 is 0 Å². The zero-order valence-corrected chi connectivity index (χ0v) is 13.2. The molecule has 21 heavy (non-hydrogen) atoms. The molecule has 1 unspecified atom stereocenters. The second kappa shape index (κ2) is 7.34. The predicted molar refractivity (Wildman–Crippen MR) is 89.6 cm³/mol. The van der Waals surface area contributed by atoms with Crippen molar-refractivity contribution in [2.45, 2.75) is 52.4 Å². The number of hydrogen-bond donors (Lipinski definition) is 3. The van der Waals surface area contributed by atoms with Crippen molar-refractivity contribution in [1.29, 1.82) is 0 Å². The summed E-state index contributed by atoms with van der Waals surface area (Å²) < 4.78 is 0. The third kappa shape index (κ3) is 4.13. The molecule has 0 aromatic heterocycles. The third-order valence-electron chi connectivity index (χ3n) is 4.30. The van der Waals surface area contributed by atoms with Crippen LogP contribution in [0, 0.1) is 5.92 Å². The second-order valence-electron chi connectivity index (χ2n) is 5.94. The molecule has 1 aliphatic heterocycles. The van der Waals surface area contributed by atoms with Crippen molar-refractivity contribution in [2.75, 3.05) is 22.9 Å². The zero-order chi connectivity index (χ0) is 15.2. The van der Waals surface area contributed by atoms with Gasteiger partial charge in [0.15, 0.2) is 0 Å². The summed E-state index contributed by atoms with van der Waals surface area (Å²) >= 11 is 0. The van der Waals surface area contributed by atoms with Gasteiger partial charge in [0, 0.05) is 18.7 Å². The minimum absolute atomic E-state index is 0.0904. The Hall–Kier alpha value is -1.71. The van der Waals surface area contributed by atoms with E-state index in [1.54, 1.807) is 0 Å². The number of aryl methyl sites for hydroxylation is 1. The molecule has 1 aliphatic rings. The van der Waals surface area contributed by atoms with Crippen molar-refractivity contribution in [3.8, 4) is 0 Å². The molecule has 1 atom stereocenters. The van der Waals surface area contributed by atoms with Gasteiger partial charge in [0.1, 0.15) is 0 Å². The van der Waals surface area contributed by atoms with E-state index in [4.69, 9.17) is 5.73 Å². The Morgan fingerprint density at radius 1 is 1.33 bits per heavy atom. The Bertz CT molecular complexity index is 499. The van der Waals surface area contributed by atoms with Crippen molar-refractivity contribution in [3.05, 3.63) is 17.7 Å². The highest BCUT2D eigenvalue weighted by Gasteiger charge is 2.17. The van der Waals surface area contributed by atoms with E-state index in [0.717, 1.165) is 35.6 Å². The summed E-state index contributed by atoms with van der Waals surface area (Å²) in [5.74, 6) is 0.766. The molecular formula is C17H27N3O. The number of carbonyl (C=O) groups is 1. The van der Waals surface area contributed by atoms with Crippen LogP contribution in [0.4, 0.5) is 17.1 Å². The van der Waals surface area contributed by atoms with E-state index >= 15 is 0 Å². The number of carbonyl (C=O) groups excluding carboxylic acids is 1. The Balaban J connectivity index is 2.02. The number of rotatable bonds is 7. The lowest BCUT2D eigenvalue weighted by atomic mass is 9.98. The van der Waals surface area contributed by atoms with E-state index in [9.17, 15) is 4.79 Å². The number of fused-ring (bicyclic) bond motifs is 1. The number of anilines is 3. The van der Waals surface area contributed by atoms with E-state index in [1.165, 1.54) is 25.7 Å². The molecule has 0 fully saturated rings. The fraction of sp³-hybridized carbons (Fsp3) is 0.588. The number of nitrogen functional groups attached to an aromatic ring is 1. The normalized spacial score (nSPS) is 15.2. The maximum Gasteiger partial charge on any atom is 0.224 e. The highest BCUT2D eigenvalue weighted by Crippen LogP contribution is 2.31. The van der Waals surface area contributed by atoms with Gasteiger partial charge in [0.2, 0.25) is 5.91 Å². The van der Waals surface area contributed by atoms with Gasteiger partial charge in [-0.1, -0.05) is 33.1 Å². The highest BCUT2D eigenvalue weighted by atomic mass is 16.1. The minimum Gasteiger partial charge on any atom is -0.397 e. The van der Waals surface area contributed by atoms with Crippen molar-refractivity contribution in [2.24, 2.45) is 5.92 Å². The second-order valence-corrected chi connectivity index (χ2v) is 5.94. The number of hydrogen-bond acceptors (Lipinski definition) is 3. The molecule has 0 saturated heterocycles. The Morgan fingerprint density at radius 3 is 2.86 bits per heavy atom. The first-order valence-electron chi connectivity index (χ1n) is 8.10. The van der Waals surface area contributed by atoms with Crippen LogP contribution in [0.3, 0.4) is 0 Å². The van der Waals surface area contributed by atoms with Crippen molar-refractivity contribution in [3.63, 3.8) is 0 Å². The molecule has 0 saturated carbocycles. The summed E-state index contributed by atoms with van der Waals surface area (Å²) in [4.78, 5) is 11.5. The summed E-state index contributed by atoms with van der Waals surface area (Å²) in [6.07, 6.45) is 6.27. The molecule has 0 spiro atoms. The van der Waals surface area contributed by atoms with Crippen LogP contribution >= 0.6 is 0 Å². The Labute approximate surface area is 127 Å². The molecule has 1 aromatic rings. The number of amides is 1. The van der Waals surface area contributed by atoms with E-state index in [0.29, 0.717) is 12.3 Å². The molecule has 4 heteroatoms. The molecule has 116 valence electrons. The fourth-order valence-electron chi connectivity index (χ4n) is 2.80. The fourth-order valence-corrected chi connectivity index (χ4v) is 2.80. The first-order valence-corrected chi connectivity index (χ1v) is 8.10. The van der Waals surface area contributed by atoms with E-state index < -0.39 is 0 Å². The molecular weight excluding hydrogens is 262 g/mol. The standard InChI is InChI=1S/C17H27N3O/c1-3-5-6-12(4-2)11-19-16-10-15-13(9-14(16)18)7-8-17(21)20-15/h9-10,12,19H,3-8,11,18H2,1-2H3,(H,20,21). The summed E-state index contributed by atoms with van der Waals surface area (Å²) in [6.45, 7) is 5.40. The van der Waals surface area contributed by atoms with Crippen LogP contribution in [0.25, 0.3) is 0 Å². The van der Waals surface area contributed by atoms with Crippen molar-refractivity contribution >= 4 is 23.0 Å². The van der Waals surface area contributed by atoms with Crippen LogP contribution in [0.15, 0.2) is 12.1 Å². The lowest BCUT2D eigenvalue weighted by molar-refractivity contribution is -0.116. The van der Waals surface area contributed by atoms with Gasteiger partial charge in [-0.25, -0.2) is 0 Å². The highest BCUT2D eigenvalue weighted by molar-refractivity contribution is 5.95. The van der Waals surface area contributed by atoms with E-state index in [-0.39, 0.29) is 5.91 Å². The van der Waals surface area contributed by atoms with Crippen LogP contribution < -0.4 is 16.4 Å². The minimum atomic E-state index is 0.0904. The topological polar surface area (TPSA) is 67.1 Å². The monoisotopic (exact) mass is 289 g/mol. The summed E-state index contributed by atoms with van der Waals surface area (Å²) in [5, 5.41) is 6.39. The third-order valence-corrected chi connectivity index (χ3v) is 4.30. The zero-order valence-electron chi connectivity index (χ0n) is 13.2. The van der Waals surface area contributed by atoms with Crippen LogP contribution in [0.5, 0.6) is 0 Å². The Kier molecular flexibility index (Phi) is 5.48. The van der Waals surface area contributed by atoms with Gasteiger partial charge in [0.25, 0.3) is 0 Å². The van der Waals surface area contributed by atoms with Gasteiger partial charge in [-0.3, -0.25) is 4.79 Å². The molecule has 0 radical (unpaired) electrons. The smallest absolute Gasteiger partial charge is 0.224 e. The maximum atomic E-state index is 11.5. The summed E-state index contributed by atoms with van der Waals surface area (Å²) in [7, 11) is 0. The number of nitrogens with two attached hydrogens (primary N) is 1. The molecule has 1 amide bonds. The first-order chi connectivity index (χ1) is 10.1. The summed E-state index contributed by atoms with van der Waals surface area (Å²) in [6, 6.07) is 3.97. The Morgan fingerprint density at radius 2 is 2.14 bits per heavy atom. The van der Waals surface area contributed by atoms with E-state index in [2.05, 4.69) is 24.5 Å². The van der Waals surface area contributed by atoms with Gasteiger partial charge < -0.3 is 16.4 Å². The lowest BCUT2D eigenvalue weighted by Gasteiger charge is -2.21. The molecule has 0 aliphatic carbocycles. The van der Waals surface area contributed by atoms with Gasteiger partial charge in [-0.15, -0.1) is 0 Å². The van der Waals surface area contributed by atoms with Gasteiger partial charge in [-0.2, -0.15) is 0 Å². The molecule has 1 heterocycles. The number of nitrogens with one attached hydrogen (secondary N) is 2. The van der Waals surface area contributed by atoms with E-state index in [1.807, 2.05) is 12.1 Å². The molecule has 1 aromatic carbocycles. The molecule has 4 nitrogen and oxygen atoms in total. The predicted octanol–water partition coefficient (Wildman–Crippen LogP) is 3.78. The lowest BCUT2D eigenvalue weighted by Crippen LogP contribution is -2.20. The average molecular weight is 289 g/mol. The number of benzene rings is 1. The molecule has 0 bridgehead atoms. The van der Waals surface area contributed by atoms with Crippen LogP contribution in [-0.4, -0.2) is 12.5 Å². The van der Waals surface area contributed by atoms with Crippen LogP contribution in [-0.2, 0) is 11.2 Å². The van der Waals surface area contributed by atoms with Gasteiger partial charge in [-0.05, 0) is 36.5 Å². The van der Waals surface area contributed by atoms with Crippen LogP contribution in [0.2, 0.25) is 0 Å². The quantitative estimate of drug-likeness (QED) is 0.669. The van der Waals surface area contributed by atoms with Crippen LogP contribution in [0.1, 0.15) is 51.5 Å². The first kappa shape index (κ1) is 15.7. The van der Waals surface area contributed by atoms with Crippen molar-refractivity contribution in [1.82, 2.24) is 0 Å².